The van der Waals surface area contributed by atoms with E-state index in [1.54, 1.807) is 30.1 Å². The number of benzene rings is 2. The fourth-order valence-electron chi connectivity index (χ4n) is 2.89. The highest BCUT2D eigenvalue weighted by molar-refractivity contribution is 7.97. The number of nitrogens with zero attached hydrogens (tertiary/aromatic N) is 2. The zero-order valence-electron chi connectivity index (χ0n) is 15.2. The van der Waals surface area contributed by atoms with E-state index in [1.165, 1.54) is 5.56 Å². The van der Waals surface area contributed by atoms with Crippen molar-refractivity contribution < 1.29 is 4.92 Å². The number of nitro groups is 1. The van der Waals surface area contributed by atoms with Crippen molar-refractivity contribution in [1.29, 1.82) is 0 Å². The molecule has 0 aliphatic heterocycles. The van der Waals surface area contributed by atoms with Gasteiger partial charge < -0.3 is 4.57 Å². The van der Waals surface area contributed by atoms with Crippen LogP contribution in [0.5, 0.6) is 0 Å². The smallest absolute Gasteiger partial charge is 0.270 e. The van der Waals surface area contributed by atoms with Crippen molar-refractivity contribution in [3.8, 4) is 5.69 Å². The normalized spacial score (nSPS) is 12.6. The molecule has 0 amide bonds. The minimum absolute atomic E-state index is 0.117. The standard InChI is InChI=1S/C20H23N3O2S/c1-14(2)26-21-13-15(3)16-4-6-18(7-5-16)22-11-10-17-12-19(23(24)25)8-9-20(17)22/h4-12,14-15,21H,13H2,1-3H3. The average molecular weight is 369 g/mol. The fraction of sp³-hybridized carbons (Fsp3) is 0.300. The first kappa shape index (κ1) is 18.5. The zero-order chi connectivity index (χ0) is 18.7. The van der Waals surface area contributed by atoms with Gasteiger partial charge >= 0.3 is 0 Å². The molecule has 1 unspecified atom stereocenters. The van der Waals surface area contributed by atoms with E-state index >= 15 is 0 Å². The van der Waals surface area contributed by atoms with Gasteiger partial charge in [-0.2, -0.15) is 0 Å². The molecule has 136 valence electrons. The van der Waals surface area contributed by atoms with E-state index in [0.29, 0.717) is 11.2 Å². The van der Waals surface area contributed by atoms with Crippen molar-refractivity contribution in [3.05, 3.63) is 70.4 Å². The van der Waals surface area contributed by atoms with Crippen molar-refractivity contribution in [2.24, 2.45) is 0 Å². The Kier molecular flexibility index (Phi) is 5.64. The Bertz CT molecular complexity index is 903. The van der Waals surface area contributed by atoms with Gasteiger partial charge in [0.15, 0.2) is 0 Å². The number of nitrogens with one attached hydrogen (secondary N) is 1. The second-order valence-corrected chi connectivity index (χ2v) is 8.16. The maximum absolute atomic E-state index is 10.9. The fourth-order valence-corrected chi connectivity index (χ4v) is 3.57. The summed E-state index contributed by atoms with van der Waals surface area (Å²) in [4.78, 5) is 10.6. The molecule has 0 bridgehead atoms. The number of rotatable bonds is 7. The average Bonchev–Trinajstić information content (AvgIpc) is 3.04. The van der Waals surface area contributed by atoms with Crippen LogP contribution in [0.1, 0.15) is 32.3 Å². The van der Waals surface area contributed by atoms with Crippen LogP contribution in [0, 0.1) is 10.1 Å². The third-order valence-electron chi connectivity index (χ3n) is 4.33. The van der Waals surface area contributed by atoms with Crippen molar-refractivity contribution in [1.82, 2.24) is 9.29 Å². The van der Waals surface area contributed by atoms with Gasteiger partial charge in [0.05, 0.1) is 10.4 Å². The van der Waals surface area contributed by atoms with Crippen LogP contribution in [0.25, 0.3) is 16.6 Å². The van der Waals surface area contributed by atoms with Gasteiger partial charge in [-0.25, -0.2) is 0 Å². The molecule has 0 spiro atoms. The molecule has 6 heteroatoms. The first-order chi connectivity index (χ1) is 12.5. The van der Waals surface area contributed by atoms with E-state index in [1.807, 2.05) is 12.3 Å². The second-order valence-electron chi connectivity index (χ2n) is 6.69. The predicted octanol–water partition coefficient (Wildman–Crippen LogP) is 5.29. The third-order valence-corrected chi connectivity index (χ3v) is 5.14. The Morgan fingerprint density at radius 3 is 2.50 bits per heavy atom. The molecule has 3 aromatic rings. The monoisotopic (exact) mass is 369 g/mol. The van der Waals surface area contributed by atoms with Gasteiger partial charge in [0, 0.05) is 41.2 Å². The molecule has 2 aromatic carbocycles. The molecule has 1 heterocycles. The first-order valence-electron chi connectivity index (χ1n) is 8.70. The minimum Gasteiger partial charge on any atom is -0.317 e. The summed E-state index contributed by atoms with van der Waals surface area (Å²) in [6.07, 6.45) is 1.95. The van der Waals surface area contributed by atoms with Crippen LogP contribution in [0.15, 0.2) is 54.7 Å². The van der Waals surface area contributed by atoms with Crippen LogP contribution in [0.2, 0.25) is 0 Å². The van der Waals surface area contributed by atoms with Crippen molar-refractivity contribution in [3.63, 3.8) is 0 Å². The van der Waals surface area contributed by atoms with Crippen LogP contribution in [-0.4, -0.2) is 21.3 Å². The second kappa shape index (κ2) is 7.93. The summed E-state index contributed by atoms with van der Waals surface area (Å²) in [7, 11) is 0. The Hall–Kier alpha value is -2.31. The molecule has 1 aromatic heterocycles. The van der Waals surface area contributed by atoms with E-state index < -0.39 is 0 Å². The quantitative estimate of drug-likeness (QED) is 0.349. The van der Waals surface area contributed by atoms with Gasteiger partial charge in [0.25, 0.3) is 5.69 Å². The van der Waals surface area contributed by atoms with E-state index in [-0.39, 0.29) is 10.6 Å². The molecule has 0 radical (unpaired) electrons. The van der Waals surface area contributed by atoms with Crippen molar-refractivity contribution in [2.75, 3.05) is 6.54 Å². The van der Waals surface area contributed by atoms with Crippen LogP contribution >= 0.6 is 11.9 Å². The summed E-state index contributed by atoms with van der Waals surface area (Å²) >= 11 is 1.76. The molecule has 26 heavy (non-hydrogen) atoms. The lowest BCUT2D eigenvalue weighted by atomic mass is 10.0. The summed E-state index contributed by atoms with van der Waals surface area (Å²) in [6, 6.07) is 15.4. The largest absolute Gasteiger partial charge is 0.317 e. The third kappa shape index (κ3) is 4.08. The van der Waals surface area contributed by atoms with Crippen LogP contribution < -0.4 is 4.72 Å². The molecule has 3 rings (SSSR count). The number of aromatic nitrogens is 1. The Morgan fingerprint density at radius 2 is 1.85 bits per heavy atom. The molecule has 0 fully saturated rings. The molecule has 0 aliphatic rings. The van der Waals surface area contributed by atoms with Crippen LogP contribution in [-0.2, 0) is 0 Å². The first-order valence-corrected chi connectivity index (χ1v) is 9.58. The Morgan fingerprint density at radius 1 is 1.12 bits per heavy atom. The summed E-state index contributed by atoms with van der Waals surface area (Å²) < 4.78 is 5.48. The molecular formula is C20H23N3O2S. The minimum atomic E-state index is -0.363. The van der Waals surface area contributed by atoms with Crippen LogP contribution in [0.4, 0.5) is 5.69 Å². The lowest BCUT2D eigenvalue weighted by Crippen LogP contribution is -2.15. The molecule has 0 saturated carbocycles. The van der Waals surface area contributed by atoms with E-state index in [4.69, 9.17) is 0 Å². The molecule has 0 saturated heterocycles. The number of nitro benzene ring substituents is 1. The van der Waals surface area contributed by atoms with Gasteiger partial charge in [-0.1, -0.05) is 44.9 Å². The number of hydrogen-bond acceptors (Lipinski definition) is 4. The van der Waals surface area contributed by atoms with Gasteiger partial charge in [-0.05, 0) is 35.7 Å². The zero-order valence-corrected chi connectivity index (χ0v) is 16.0. The summed E-state index contributed by atoms with van der Waals surface area (Å²) in [6.45, 7) is 7.49. The van der Waals surface area contributed by atoms with E-state index in [0.717, 1.165) is 23.1 Å². The van der Waals surface area contributed by atoms with Crippen molar-refractivity contribution in [2.45, 2.75) is 31.9 Å². The van der Waals surface area contributed by atoms with E-state index in [2.05, 4.69) is 54.3 Å². The van der Waals surface area contributed by atoms with Gasteiger partial charge in [0.1, 0.15) is 0 Å². The number of non-ortho nitro benzene ring substituents is 1. The summed E-state index contributed by atoms with van der Waals surface area (Å²) in [5.41, 5.74) is 3.42. The highest BCUT2D eigenvalue weighted by atomic mass is 32.2. The Labute approximate surface area is 157 Å². The van der Waals surface area contributed by atoms with Gasteiger partial charge in [0.2, 0.25) is 0 Å². The number of fused-ring (bicyclic) bond motifs is 1. The highest BCUT2D eigenvalue weighted by Gasteiger charge is 2.11. The van der Waals surface area contributed by atoms with Gasteiger partial charge in [-0.15, -0.1) is 0 Å². The molecule has 1 N–H and O–H groups in total. The lowest BCUT2D eigenvalue weighted by molar-refractivity contribution is -0.384. The number of hydrogen-bond donors (Lipinski definition) is 1. The SMILES string of the molecule is CC(C)SNCC(C)c1ccc(-n2ccc3cc([N+](=O)[O-])ccc32)cc1. The maximum Gasteiger partial charge on any atom is 0.270 e. The van der Waals surface area contributed by atoms with Crippen molar-refractivity contribution >= 4 is 28.5 Å². The predicted molar refractivity (Wildman–Crippen MR) is 109 cm³/mol. The molecule has 1 atom stereocenters. The summed E-state index contributed by atoms with van der Waals surface area (Å²) in [5, 5.41) is 12.4. The lowest BCUT2D eigenvalue weighted by Gasteiger charge is -2.15. The molecule has 0 aliphatic carbocycles. The van der Waals surface area contributed by atoms with E-state index in [9.17, 15) is 10.1 Å². The maximum atomic E-state index is 10.9. The van der Waals surface area contributed by atoms with Crippen LogP contribution in [0.3, 0.4) is 0 Å². The Balaban J connectivity index is 1.78. The molecular weight excluding hydrogens is 346 g/mol. The highest BCUT2D eigenvalue weighted by Crippen LogP contribution is 2.26. The molecule has 5 nitrogen and oxygen atoms in total. The topological polar surface area (TPSA) is 60.1 Å². The summed E-state index contributed by atoms with van der Waals surface area (Å²) in [5.74, 6) is 0.430. The van der Waals surface area contributed by atoms with Gasteiger partial charge in [-0.3, -0.25) is 14.8 Å².